The number of carbonyl (C=O) groups is 1. The summed E-state index contributed by atoms with van der Waals surface area (Å²) >= 11 is 1.48. The first-order chi connectivity index (χ1) is 12.7. The lowest BCUT2D eigenvalue weighted by atomic mass is 10.2. The molecule has 0 aliphatic carbocycles. The van der Waals surface area contributed by atoms with Crippen molar-refractivity contribution in [3.05, 3.63) is 53.7 Å². The molecule has 0 radical (unpaired) electrons. The predicted octanol–water partition coefficient (Wildman–Crippen LogP) is 2.85. The Morgan fingerprint density at radius 1 is 1.38 bits per heavy atom. The van der Waals surface area contributed by atoms with Crippen molar-refractivity contribution in [3.8, 4) is 6.07 Å². The Bertz CT molecular complexity index is 979. The third-order valence-electron chi connectivity index (χ3n) is 4.48. The van der Waals surface area contributed by atoms with Gasteiger partial charge in [0.1, 0.15) is 12.1 Å². The molecular formula is C19H17N5OS. The molecular weight excluding hydrogens is 346 g/mol. The van der Waals surface area contributed by atoms with E-state index < -0.39 is 0 Å². The summed E-state index contributed by atoms with van der Waals surface area (Å²) < 4.78 is 0.870. The number of pyridine rings is 1. The second-order valence-corrected chi connectivity index (χ2v) is 7.22. The standard InChI is InChI=1S/C19H17N5OS/c20-10-14-9-16-17(21-12-14)23-19(26-16)24-8-4-7-15(24)18(25)22-11-13-5-2-1-3-6-13/h1-3,5-6,9,12,15H,4,7-8,11H2,(H,22,25). The van der Waals surface area contributed by atoms with Crippen molar-refractivity contribution in [1.82, 2.24) is 15.3 Å². The van der Waals surface area contributed by atoms with Crippen molar-refractivity contribution >= 4 is 32.7 Å². The molecule has 1 aromatic carbocycles. The van der Waals surface area contributed by atoms with Gasteiger partial charge in [0.2, 0.25) is 5.91 Å². The Morgan fingerprint density at radius 2 is 2.23 bits per heavy atom. The predicted molar refractivity (Wildman–Crippen MR) is 101 cm³/mol. The normalized spacial score (nSPS) is 16.6. The van der Waals surface area contributed by atoms with E-state index in [1.165, 1.54) is 17.5 Å². The molecule has 1 saturated heterocycles. The molecule has 0 bridgehead atoms. The summed E-state index contributed by atoms with van der Waals surface area (Å²) in [5.41, 5.74) is 2.23. The van der Waals surface area contributed by atoms with E-state index in [0.717, 1.165) is 34.8 Å². The van der Waals surface area contributed by atoms with Crippen LogP contribution in [-0.4, -0.2) is 28.5 Å². The molecule has 0 saturated carbocycles. The van der Waals surface area contributed by atoms with Crippen molar-refractivity contribution in [2.24, 2.45) is 0 Å². The monoisotopic (exact) mass is 363 g/mol. The molecule has 6 nitrogen and oxygen atoms in total. The highest BCUT2D eigenvalue weighted by Crippen LogP contribution is 2.33. The summed E-state index contributed by atoms with van der Waals surface area (Å²) in [4.78, 5) is 23.5. The zero-order chi connectivity index (χ0) is 17.9. The average Bonchev–Trinajstić information content (AvgIpc) is 3.32. The molecule has 1 amide bonds. The highest BCUT2D eigenvalue weighted by atomic mass is 32.1. The number of hydrogen-bond donors (Lipinski definition) is 1. The molecule has 0 spiro atoms. The van der Waals surface area contributed by atoms with E-state index in [2.05, 4.69) is 26.3 Å². The van der Waals surface area contributed by atoms with Gasteiger partial charge in [0.15, 0.2) is 10.8 Å². The third-order valence-corrected chi connectivity index (χ3v) is 5.50. The lowest BCUT2D eigenvalue weighted by Crippen LogP contribution is -2.43. The minimum Gasteiger partial charge on any atom is -0.350 e. The Balaban J connectivity index is 1.51. The van der Waals surface area contributed by atoms with Gasteiger partial charge >= 0.3 is 0 Å². The molecule has 3 aromatic rings. The van der Waals surface area contributed by atoms with Crippen molar-refractivity contribution in [2.75, 3.05) is 11.4 Å². The van der Waals surface area contributed by atoms with Gasteiger partial charge in [-0.3, -0.25) is 4.79 Å². The van der Waals surface area contributed by atoms with Crippen molar-refractivity contribution in [1.29, 1.82) is 5.26 Å². The van der Waals surface area contributed by atoms with Gasteiger partial charge in [-0.2, -0.15) is 10.2 Å². The van der Waals surface area contributed by atoms with Crippen LogP contribution in [0.5, 0.6) is 0 Å². The lowest BCUT2D eigenvalue weighted by molar-refractivity contribution is -0.122. The maximum atomic E-state index is 12.7. The van der Waals surface area contributed by atoms with E-state index in [4.69, 9.17) is 5.26 Å². The van der Waals surface area contributed by atoms with Gasteiger partial charge in [0.25, 0.3) is 0 Å². The first-order valence-electron chi connectivity index (χ1n) is 8.49. The van der Waals surface area contributed by atoms with E-state index >= 15 is 0 Å². The smallest absolute Gasteiger partial charge is 0.243 e. The molecule has 7 heteroatoms. The van der Waals surface area contributed by atoms with Crippen LogP contribution in [0.15, 0.2) is 42.6 Å². The van der Waals surface area contributed by atoms with E-state index in [1.807, 2.05) is 30.3 Å². The molecule has 4 rings (SSSR count). The molecule has 130 valence electrons. The number of rotatable bonds is 4. The summed E-state index contributed by atoms with van der Waals surface area (Å²) in [6.07, 6.45) is 3.30. The van der Waals surface area contributed by atoms with E-state index in [1.54, 1.807) is 6.07 Å². The fourth-order valence-corrected chi connectivity index (χ4v) is 4.20. The quantitative estimate of drug-likeness (QED) is 0.771. The summed E-state index contributed by atoms with van der Waals surface area (Å²) in [5, 5.41) is 12.8. The van der Waals surface area contributed by atoms with Gasteiger partial charge in [0, 0.05) is 19.3 Å². The minimum atomic E-state index is -0.213. The molecule has 26 heavy (non-hydrogen) atoms. The maximum Gasteiger partial charge on any atom is 0.243 e. The van der Waals surface area contributed by atoms with Crippen LogP contribution in [0.3, 0.4) is 0 Å². The van der Waals surface area contributed by atoms with E-state index in [0.29, 0.717) is 17.8 Å². The van der Waals surface area contributed by atoms with Crippen molar-refractivity contribution in [2.45, 2.75) is 25.4 Å². The van der Waals surface area contributed by atoms with Crippen molar-refractivity contribution in [3.63, 3.8) is 0 Å². The molecule has 1 N–H and O–H groups in total. The van der Waals surface area contributed by atoms with Crippen LogP contribution in [0, 0.1) is 11.3 Å². The molecule has 2 aromatic heterocycles. The van der Waals surface area contributed by atoms with E-state index in [-0.39, 0.29) is 11.9 Å². The zero-order valence-corrected chi connectivity index (χ0v) is 14.9. The van der Waals surface area contributed by atoms with Gasteiger partial charge in [0.05, 0.1) is 10.3 Å². The Labute approximate surface area is 155 Å². The highest BCUT2D eigenvalue weighted by molar-refractivity contribution is 7.22. The highest BCUT2D eigenvalue weighted by Gasteiger charge is 2.32. The number of benzene rings is 1. The van der Waals surface area contributed by atoms with Gasteiger partial charge in [-0.25, -0.2) is 4.98 Å². The summed E-state index contributed by atoms with van der Waals surface area (Å²) in [5.74, 6) is 0.0243. The number of nitrogens with zero attached hydrogens (tertiary/aromatic N) is 4. The second kappa shape index (κ2) is 7.10. The fraction of sp³-hybridized carbons (Fsp3) is 0.263. The Morgan fingerprint density at radius 3 is 3.04 bits per heavy atom. The fourth-order valence-electron chi connectivity index (χ4n) is 3.16. The molecule has 1 atom stereocenters. The summed E-state index contributed by atoms with van der Waals surface area (Å²) in [6.45, 7) is 1.32. The van der Waals surface area contributed by atoms with Gasteiger partial charge in [-0.15, -0.1) is 0 Å². The second-order valence-electron chi connectivity index (χ2n) is 6.21. The number of nitriles is 1. The first-order valence-corrected chi connectivity index (χ1v) is 9.31. The number of thiazole rings is 1. The molecule has 1 aliphatic heterocycles. The maximum absolute atomic E-state index is 12.7. The van der Waals surface area contributed by atoms with Gasteiger partial charge in [-0.05, 0) is 24.5 Å². The zero-order valence-electron chi connectivity index (χ0n) is 14.1. The lowest BCUT2D eigenvalue weighted by Gasteiger charge is -2.23. The van der Waals surface area contributed by atoms with Crippen LogP contribution in [0.1, 0.15) is 24.0 Å². The van der Waals surface area contributed by atoms with Crippen LogP contribution >= 0.6 is 11.3 Å². The number of fused-ring (bicyclic) bond motifs is 1. The Hall–Kier alpha value is -2.98. The largest absolute Gasteiger partial charge is 0.350 e. The molecule has 1 unspecified atom stereocenters. The van der Waals surface area contributed by atoms with E-state index in [9.17, 15) is 4.79 Å². The molecule has 1 aliphatic rings. The summed E-state index contributed by atoms with van der Waals surface area (Å²) in [6, 6.07) is 13.6. The SMILES string of the molecule is N#Cc1cnc2nc(N3CCCC3C(=O)NCc3ccccc3)sc2c1. The summed E-state index contributed by atoms with van der Waals surface area (Å²) in [7, 11) is 0. The van der Waals surface area contributed by atoms with Crippen LogP contribution < -0.4 is 10.2 Å². The van der Waals surface area contributed by atoms with Gasteiger partial charge < -0.3 is 10.2 Å². The van der Waals surface area contributed by atoms with Crippen LogP contribution in [-0.2, 0) is 11.3 Å². The first kappa shape index (κ1) is 16.5. The minimum absolute atomic E-state index is 0.0243. The number of anilines is 1. The number of hydrogen-bond acceptors (Lipinski definition) is 6. The topological polar surface area (TPSA) is 81.9 Å². The number of aromatic nitrogens is 2. The van der Waals surface area contributed by atoms with Gasteiger partial charge in [-0.1, -0.05) is 41.7 Å². The van der Waals surface area contributed by atoms with Crippen LogP contribution in [0.25, 0.3) is 10.3 Å². The van der Waals surface area contributed by atoms with Crippen LogP contribution in [0.2, 0.25) is 0 Å². The van der Waals surface area contributed by atoms with Crippen molar-refractivity contribution < 1.29 is 4.79 Å². The average molecular weight is 363 g/mol. The number of nitrogens with one attached hydrogen (secondary N) is 1. The third kappa shape index (κ3) is 3.24. The Kier molecular flexibility index (Phi) is 4.50. The molecule has 3 heterocycles. The van der Waals surface area contributed by atoms with Crippen LogP contribution in [0.4, 0.5) is 5.13 Å². The number of carbonyl (C=O) groups excluding carboxylic acids is 1. The number of amides is 1. The molecule has 1 fully saturated rings.